The van der Waals surface area contributed by atoms with Gasteiger partial charge in [0.05, 0.1) is 11.1 Å². The van der Waals surface area contributed by atoms with Gasteiger partial charge in [0.25, 0.3) is 0 Å². The molecule has 1 aromatic heterocycles. The molecule has 2 nitrogen and oxygen atoms in total. The SMILES string of the molecule is O=c1ccc2cc(C(F)(F)F)c(C(F)(F)F)cc2o1. The van der Waals surface area contributed by atoms with Gasteiger partial charge in [0.2, 0.25) is 0 Å². The molecule has 1 heterocycles. The summed E-state index contributed by atoms with van der Waals surface area (Å²) in [6.45, 7) is 0. The number of alkyl halides is 6. The normalized spacial score (nSPS) is 12.9. The van der Waals surface area contributed by atoms with Gasteiger partial charge in [0.1, 0.15) is 5.58 Å². The van der Waals surface area contributed by atoms with Crippen LogP contribution >= 0.6 is 0 Å². The average Bonchev–Trinajstić information content (AvgIpc) is 2.24. The lowest BCUT2D eigenvalue weighted by atomic mass is 10.0. The molecule has 0 N–H and O–H groups in total. The van der Waals surface area contributed by atoms with E-state index in [4.69, 9.17) is 0 Å². The molecule has 2 rings (SSSR count). The molecular formula is C11H4F6O2. The molecule has 0 aliphatic heterocycles. The van der Waals surface area contributed by atoms with Gasteiger partial charge in [-0.05, 0) is 18.2 Å². The van der Waals surface area contributed by atoms with E-state index in [9.17, 15) is 31.1 Å². The summed E-state index contributed by atoms with van der Waals surface area (Å²) in [4.78, 5) is 10.9. The average molecular weight is 282 g/mol. The van der Waals surface area contributed by atoms with Crippen LogP contribution in [0.2, 0.25) is 0 Å². The molecule has 8 heteroatoms. The summed E-state index contributed by atoms with van der Waals surface area (Å²) >= 11 is 0. The second kappa shape index (κ2) is 4.01. The molecule has 0 spiro atoms. The van der Waals surface area contributed by atoms with Crippen molar-refractivity contribution in [2.75, 3.05) is 0 Å². The fourth-order valence-corrected chi connectivity index (χ4v) is 1.58. The molecule has 0 unspecified atom stereocenters. The minimum Gasteiger partial charge on any atom is -0.423 e. The number of hydrogen-bond acceptors (Lipinski definition) is 2. The van der Waals surface area contributed by atoms with E-state index in [0.717, 1.165) is 12.1 Å². The quantitative estimate of drug-likeness (QED) is 0.543. The van der Waals surface area contributed by atoms with Gasteiger partial charge in [-0.25, -0.2) is 4.79 Å². The van der Waals surface area contributed by atoms with Gasteiger partial charge in [-0.15, -0.1) is 0 Å². The van der Waals surface area contributed by atoms with Crippen molar-refractivity contribution in [1.29, 1.82) is 0 Å². The van der Waals surface area contributed by atoms with Crippen LogP contribution in [0.5, 0.6) is 0 Å². The fraction of sp³-hybridized carbons (Fsp3) is 0.182. The topological polar surface area (TPSA) is 30.2 Å². The number of halogens is 6. The molecule has 1 aromatic carbocycles. The Labute approximate surface area is 101 Å². The van der Waals surface area contributed by atoms with Gasteiger partial charge >= 0.3 is 18.0 Å². The molecule has 19 heavy (non-hydrogen) atoms. The minimum atomic E-state index is -5.20. The third kappa shape index (κ3) is 2.56. The van der Waals surface area contributed by atoms with E-state index in [-0.39, 0.29) is 11.5 Å². The van der Waals surface area contributed by atoms with E-state index in [1.165, 1.54) is 0 Å². The summed E-state index contributed by atoms with van der Waals surface area (Å²) in [5, 5.41) is -0.236. The van der Waals surface area contributed by atoms with Gasteiger partial charge in [-0.2, -0.15) is 26.3 Å². The van der Waals surface area contributed by atoms with E-state index in [0.29, 0.717) is 6.07 Å². The lowest BCUT2D eigenvalue weighted by Gasteiger charge is -2.15. The summed E-state index contributed by atoms with van der Waals surface area (Å²) < 4.78 is 80.0. The molecule has 0 bridgehead atoms. The molecule has 0 saturated carbocycles. The van der Waals surface area contributed by atoms with Gasteiger partial charge in [-0.1, -0.05) is 0 Å². The Balaban J connectivity index is 2.86. The van der Waals surface area contributed by atoms with Crippen molar-refractivity contribution in [3.63, 3.8) is 0 Å². The molecule has 0 aliphatic rings. The summed E-state index contributed by atoms with van der Waals surface area (Å²) in [6, 6.07) is 2.28. The maximum Gasteiger partial charge on any atom is 0.417 e. The molecule has 0 amide bonds. The zero-order chi connectivity index (χ0) is 14.4. The van der Waals surface area contributed by atoms with Crippen molar-refractivity contribution in [2.45, 2.75) is 12.4 Å². The van der Waals surface area contributed by atoms with E-state index >= 15 is 0 Å². The summed E-state index contributed by atoms with van der Waals surface area (Å²) in [5.74, 6) is 0. The van der Waals surface area contributed by atoms with Crippen molar-refractivity contribution in [2.24, 2.45) is 0 Å². The molecule has 0 atom stereocenters. The Hall–Kier alpha value is -1.99. The minimum absolute atomic E-state index is 0.180. The lowest BCUT2D eigenvalue weighted by Crippen LogP contribution is -2.16. The zero-order valence-corrected chi connectivity index (χ0v) is 8.89. The monoisotopic (exact) mass is 282 g/mol. The zero-order valence-electron chi connectivity index (χ0n) is 8.89. The van der Waals surface area contributed by atoms with E-state index in [2.05, 4.69) is 4.42 Å². The summed E-state index contributed by atoms with van der Waals surface area (Å²) in [6.07, 6.45) is -10.4. The number of rotatable bonds is 0. The Bertz CT molecular complexity index is 680. The van der Waals surface area contributed by atoms with Gasteiger partial charge in [0.15, 0.2) is 0 Å². The Kier molecular flexibility index (Phi) is 2.83. The fourth-order valence-electron chi connectivity index (χ4n) is 1.58. The molecule has 0 aliphatic carbocycles. The first-order valence-corrected chi connectivity index (χ1v) is 4.81. The van der Waals surface area contributed by atoms with Crippen LogP contribution in [0.1, 0.15) is 11.1 Å². The van der Waals surface area contributed by atoms with Gasteiger partial charge in [-0.3, -0.25) is 0 Å². The second-order valence-corrected chi connectivity index (χ2v) is 3.69. The van der Waals surface area contributed by atoms with E-state index in [1.807, 2.05) is 0 Å². The van der Waals surface area contributed by atoms with Crippen LogP contribution in [0.4, 0.5) is 26.3 Å². The first-order valence-electron chi connectivity index (χ1n) is 4.81. The number of fused-ring (bicyclic) bond motifs is 1. The highest BCUT2D eigenvalue weighted by Crippen LogP contribution is 2.41. The predicted molar refractivity (Wildman–Crippen MR) is 52.5 cm³/mol. The van der Waals surface area contributed by atoms with Crippen LogP contribution in [0.25, 0.3) is 11.0 Å². The van der Waals surface area contributed by atoms with Crippen LogP contribution < -0.4 is 5.63 Å². The van der Waals surface area contributed by atoms with Crippen LogP contribution in [0.15, 0.2) is 33.5 Å². The summed E-state index contributed by atoms with van der Waals surface area (Å²) in [5.41, 5.74) is -5.20. The van der Waals surface area contributed by atoms with E-state index in [1.54, 1.807) is 0 Å². The van der Waals surface area contributed by atoms with Crippen LogP contribution in [-0.4, -0.2) is 0 Å². The van der Waals surface area contributed by atoms with Crippen molar-refractivity contribution < 1.29 is 30.8 Å². The molecular weight excluding hydrogens is 278 g/mol. The maximum absolute atomic E-state index is 12.6. The first kappa shape index (κ1) is 13.4. The van der Waals surface area contributed by atoms with E-state index < -0.39 is 34.7 Å². The van der Waals surface area contributed by atoms with Crippen molar-refractivity contribution in [3.05, 3.63) is 45.8 Å². The first-order chi connectivity index (χ1) is 8.59. The molecule has 0 saturated heterocycles. The summed E-state index contributed by atoms with van der Waals surface area (Å²) in [7, 11) is 0. The number of benzene rings is 1. The standard InChI is InChI=1S/C11H4F6O2/c12-10(13,14)6-3-5-1-2-9(18)19-8(5)4-7(6)11(15,16)17/h1-4H. The smallest absolute Gasteiger partial charge is 0.417 e. The highest BCUT2D eigenvalue weighted by atomic mass is 19.4. The van der Waals surface area contributed by atoms with Crippen molar-refractivity contribution in [1.82, 2.24) is 0 Å². The second-order valence-electron chi connectivity index (χ2n) is 3.69. The van der Waals surface area contributed by atoms with Crippen molar-refractivity contribution >= 4 is 11.0 Å². The van der Waals surface area contributed by atoms with Gasteiger partial charge < -0.3 is 4.42 Å². The molecule has 2 aromatic rings. The molecule has 0 fully saturated rings. The largest absolute Gasteiger partial charge is 0.423 e. The van der Waals surface area contributed by atoms with Crippen LogP contribution in [-0.2, 0) is 12.4 Å². The Morgan fingerprint density at radius 2 is 1.37 bits per heavy atom. The van der Waals surface area contributed by atoms with Crippen LogP contribution in [0.3, 0.4) is 0 Å². The number of hydrogen-bond donors (Lipinski definition) is 0. The third-order valence-electron chi connectivity index (χ3n) is 2.37. The maximum atomic E-state index is 12.6. The molecule has 102 valence electrons. The van der Waals surface area contributed by atoms with Gasteiger partial charge in [0, 0.05) is 11.5 Å². The highest BCUT2D eigenvalue weighted by Gasteiger charge is 2.43. The third-order valence-corrected chi connectivity index (χ3v) is 2.37. The van der Waals surface area contributed by atoms with Crippen LogP contribution in [0, 0.1) is 0 Å². The highest BCUT2D eigenvalue weighted by molar-refractivity contribution is 5.78. The Morgan fingerprint density at radius 1 is 0.842 bits per heavy atom. The Morgan fingerprint density at radius 3 is 1.89 bits per heavy atom. The molecule has 0 radical (unpaired) electrons. The van der Waals surface area contributed by atoms with Crippen molar-refractivity contribution in [3.8, 4) is 0 Å². The lowest BCUT2D eigenvalue weighted by molar-refractivity contribution is -0.161. The predicted octanol–water partition coefficient (Wildman–Crippen LogP) is 3.83.